The normalized spacial score (nSPS) is 16.0. The van der Waals surface area contributed by atoms with Gasteiger partial charge in [-0.3, -0.25) is 9.69 Å². The van der Waals surface area contributed by atoms with Crippen molar-refractivity contribution in [3.63, 3.8) is 0 Å². The van der Waals surface area contributed by atoms with Crippen molar-refractivity contribution in [1.82, 2.24) is 0 Å². The van der Waals surface area contributed by atoms with Crippen molar-refractivity contribution in [3.8, 4) is 6.07 Å². The molecule has 0 spiro atoms. The molecule has 1 unspecified atom stereocenters. The number of nitriles is 1. The first kappa shape index (κ1) is 14.6. The minimum absolute atomic E-state index is 0.265. The van der Waals surface area contributed by atoms with Crippen LogP contribution in [0.5, 0.6) is 0 Å². The van der Waals surface area contributed by atoms with Gasteiger partial charge in [-0.25, -0.2) is 0 Å². The van der Waals surface area contributed by atoms with Gasteiger partial charge in [0.2, 0.25) is 0 Å². The van der Waals surface area contributed by atoms with Gasteiger partial charge in [0.1, 0.15) is 6.04 Å². The van der Waals surface area contributed by atoms with E-state index in [0.29, 0.717) is 16.3 Å². The van der Waals surface area contributed by atoms with E-state index in [1.165, 1.54) is 11.0 Å². The number of fused-ring (bicyclic) bond motifs is 1. The minimum atomic E-state index is -0.672. The second-order valence-electron chi connectivity index (χ2n) is 4.79. The van der Waals surface area contributed by atoms with Crippen LogP contribution in [0.3, 0.4) is 0 Å². The van der Waals surface area contributed by atoms with Gasteiger partial charge >= 0.3 is 0 Å². The van der Waals surface area contributed by atoms with E-state index in [9.17, 15) is 10.1 Å². The molecule has 1 amide bonds. The first-order valence-corrected chi connectivity index (χ1v) is 7.33. The van der Waals surface area contributed by atoms with Crippen LogP contribution in [0.1, 0.15) is 15.9 Å². The Morgan fingerprint density at radius 3 is 2.68 bits per heavy atom. The first-order valence-electron chi connectivity index (χ1n) is 6.57. The van der Waals surface area contributed by atoms with Gasteiger partial charge in [-0.05, 0) is 35.9 Å². The zero-order valence-corrected chi connectivity index (χ0v) is 12.8. The largest absolute Gasteiger partial charge is 0.288 e. The molecule has 2 aromatic rings. The summed E-state index contributed by atoms with van der Waals surface area (Å²) in [4.78, 5) is 14.3. The molecule has 5 heteroatoms. The summed E-state index contributed by atoms with van der Waals surface area (Å²) in [6, 6.07) is 13.6. The maximum absolute atomic E-state index is 12.9. The Morgan fingerprint density at radius 2 is 1.95 bits per heavy atom. The van der Waals surface area contributed by atoms with Crippen LogP contribution >= 0.6 is 23.2 Å². The summed E-state index contributed by atoms with van der Waals surface area (Å²) in [5.74, 6) is -0.329. The SMILES string of the molecule is N#CC1C=Cc2ccccc2N1C(=O)c1ccc(Cl)cc1Cl. The highest BCUT2D eigenvalue weighted by atomic mass is 35.5. The monoisotopic (exact) mass is 328 g/mol. The molecule has 0 bridgehead atoms. The molecule has 1 heterocycles. The molecule has 2 aromatic carbocycles. The number of nitrogens with zero attached hydrogens (tertiary/aromatic N) is 2. The Hall–Kier alpha value is -2.28. The van der Waals surface area contributed by atoms with Gasteiger partial charge in [0.05, 0.1) is 22.3 Å². The number of rotatable bonds is 1. The summed E-state index contributed by atoms with van der Waals surface area (Å²) in [5, 5.41) is 10.1. The lowest BCUT2D eigenvalue weighted by atomic mass is 10.0. The average Bonchev–Trinajstić information content (AvgIpc) is 2.53. The molecular formula is C17H10Cl2N2O. The summed E-state index contributed by atoms with van der Waals surface area (Å²) in [6.45, 7) is 0. The van der Waals surface area contributed by atoms with Crippen LogP contribution in [-0.2, 0) is 0 Å². The Bertz CT molecular complexity index is 824. The van der Waals surface area contributed by atoms with Crippen LogP contribution in [-0.4, -0.2) is 11.9 Å². The van der Waals surface area contributed by atoms with Crippen LogP contribution in [0, 0.1) is 11.3 Å². The van der Waals surface area contributed by atoms with Crippen molar-refractivity contribution in [2.24, 2.45) is 0 Å². The van der Waals surface area contributed by atoms with Crippen LogP contribution in [0.4, 0.5) is 5.69 Å². The highest BCUT2D eigenvalue weighted by Gasteiger charge is 2.29. The molecule has 3 nitrogen and oxygen atoms in total. The second kappa shape index (κ2) is 5.84. The molecular weight excluding hydrogens is 319 g/mol. The van der Waals surface area contributed by atoms with E-state index in [2.05, 4.69) is 6.07 Å². The quantitative estimate of drug-likeness (QED) is 0.770. The van der Waals surface area contributed by atoms with E-state index in [1.54, 1.807) is 18.2 Å². The van der Waals surface area contributed by atoms with Gasteiger partial charge in [-0.2, -0.15) is 5.26 Å². The lowest BCUT2D eigenvalue weighted by molar-refractivity contribution is 0.0985. The Kier molecular flexibility index (Phi) is 3.89. The number of carbonyl (C=O) groups excluding carboxylic acids is 1. The molecule has 0 saturated heterocycles. The number of benzene rings is 2. The molecule has 0 aromatic heterocycles. The van der Waals surface area contributed by atoms with E-state index in [0.717, 1.165) is 5.56 Å². The van der Waals surface area contributed by atoms with Gasteiger partial charge in [0.25, 0.3) is 5.91 Å². The van der Waals surface area contributed by atoms with Gasteiger partial charge in [-0.15, -0.1) is 0 Å². The van der Waals surface area contributed by atoms with Crippen LogP contribution in [0.25, 0.3) is 6.08 Å². The third kappa shape index (κ3) is 2.48. The van der Waals surface area contributed by atoms with Gasteiger partial charge < -0.3 is 0 Å². The minimum Gasteiger partial charge on any atom is -0.288 e. The molecule has 3 rings (SSSR count). The highest BCUT2D eigenvalue weighted by molar-refractivity contribution is 6.37. The fourth-order valence-electron chi connectivity index (χ4n) is 2.41. The van der Waals surface area contributed by atoms with Crippen molar-refractivity contribution in [2.75, 3.05) is 4.90 Å². The number of hydrogen-bond acceptors (Lipinski definition) is 2. The van der Waals surface area contributed by atoms with E-state index in [1.807, 2.05) is 30.3 Å². The lowest BCUT2D eigenvalue weighted by Crippen LogP contribution is -2.40. The summed E-state index contributed by atoms with van der Waals surface area (Å²) < 4.78 is 0. The number of carbonyl (C=O) groups is 1. The van der Waals surface area contributed by atoms with Gasteiger partial charge in [0.15, 0.2) is 0 Å². The molecule has 0 saturated carbocycles. The molecule has 1 atom stereocenters. The summed E-state index contributed by atoms with van der Waals surface area (Å²) >= 11 is 12.0. The van der Waals surface area contributed by atoms with E-state index in [4.69, 9.17) is 23.2 Å². The summed E-state index contributed by atoms with van der Waals surface area (Å²) in [7, 11) is 0. The molecule has 108 valence electrons. The Labute approximate surface area is 138 Å². The molecule has 0 fully saturated rings. The van der Waals surface area contributed by atoms with Gasteiger partial charge in [0, 0.05) is 5.02 Å². The van der Waals surface area contributed by atoms with E-state index >= 15 is 0 Å². The number of para-hydroxylation sites is 1. The average molecular weight is 329 g/mol. The predicted molar refractivity (Wildman–Crippen MR) is 88.1 cm³/mol. The number of halogens is 2. The summed E-state index contributed by atoms with van der Waals surface area (Å²) in [6.07, 6.45) is 3.54. The smallest absolute Gasteiger partial charge is 0.261 e. The molecule has 1 aliphatic heterocycles. The van der Waals surface area contributed by atoms with Crippen molar-refractivity contribution in [2.45, 2.75) is 6.04 Å². The molecule has 0 aliphatic carbocycles. The topological polar surface area (TPSA) is 44.1 Å². The second-order valence-corrected chi connectivity index (χ2v) is 5.63. The predicted octanol–water partition coefficient (Wildman–Crippen LogP) is 4.56. The van der Waals surface area contributed by atoms with Gasteiger partial charge in [-0.1, -0.05) is 47.5 Å². The zero-order chi connectivity index (χ0) is 15.7. The number of anilines is 1. The molecule has 0 radical (unpaired) electrons. The Morgan fingerprint density at radius 1 is 1.18 bits per heavy atom. The third-order valence-electron chi connectivity index (χ3n) is 3.45. The van der Waals surface area contributed by atoms with E-state index in [-0.39, 0.29) is 10.9 Å². The van der Waals surface area contributed by atoms with Crippen LogP contribution in [0.15, 0.2) is 48.5 Å². The van der Waals surface area contributed by atoms with Crippen molar-refractivity contribution in [3.05, 3.63) is 69.7 Å². The molecule has 1 aliphatic rings. The number of amides is 1. The van der Waals surface area contributed by atoms with Crippen LogP contribution < -0.4 is 4.90 Å². The molecule has 22 heavy (non-hydrogen) atoms. The van der Waals surface area contributed by atoms with Crippen molar-refractivity contribution < 1.29 is 4.79 Å². The number of hydrogen-bond donors (Lipinski definition) is 0. The maximum Gasteiger partial charge on any atom is 0.261 e. The molecule has 0 N–H and O–H groups in total. The van der Waals surface area contributed by atoms with Crippen molar-refractivity contribution >= 4 is 40.9 Å². The standard InChI is InChI=1S/C17H10Cl2N2O/c18-12-6-8-14(15(19)9-12)17(22)21-13(10-20)7-5-11-3-1-2-4-16(11)21/h1-9,13H. The summed E-state index contributed by atoms with van der Waals surface area (Å²) in [5.41, 5.74) is 1.89. The highest BCUT2D eigenvalue weighted by Crippen LogP contribution is 2.32. The third-order valence-corrected chi connectivity index (χ3v) is 3.99. The first-order chi connectivity index (χ1) is 10.6. The fraction of sp³-hybridized carbons (Fsp3) is 0.0588. The fourth-order valence-corrected chi connectivity index (χ4v) is 2.90. The Balaban J connectivity index is 2.10. The lowest BCUT2D eigenvalue weighted by Gasteiger charge is -2.30. The zero-order valence-electron chi connectivity index (χ0n) is 11.3. The maximum atomic E-state index is 12.9. The van der Waals surface area contributed by atoms with E-state index < -0.39 is 6.04 Å². The van der Waals surface area contributed by atoms with Crippen LogP contribution in [0.2, 0.25) is 10.0 Å². The van der Waals surface area contributed by atoms with Crippen molar-refractivity contribution in [1.29, 1.82) is 5.26 Å².